The van der Waals surface area contributed by atoms with Crippen LogP contribution in [0.15, 0.2) is 0 Å². The second-order valence-corrected chi connectivity index (χ2v) is 6.43. The van der Waals surface area contributed by atoms with Crippen molar-refractivity contribution in [2.75, 3.05) is 26.4 Å². The van der Waals surface area contributed by atoms with E-state index >= 15 is 0 Å². The van der Waals surface area contributed by atoms with Crippen molar-refractivity contribution in [1.82, 2.24) is 0 Å². The first-order valence-electron chi connectivity index (χ1n) is 9.12. The molecule has 3 atom stereocenters. The number of cyclic esters (lactones) is 1. The Morgan fingerprint density at radius 2 is 1.52 bits per heavy atom. The number of carbonyl (C=O) groups excluding carboxylic acids is 1. The fraction of sp³-hybridized carbons (Fsp3) is 0.944. The predicted octanol–water partition coefficient (Wildman–Crippen LogP) is 3.49. The van der Waals surface area contributed by atoms with Crippen molar-refractivity contribution in [3.63, 3.8) is 0 Å². The van der Waals surface area contributed by atoms with E-state index in [1.807, 2.05) is 6.92 Å². The summed E-state index contributed by atoms with van der Waals surface area (Å²) < 4.78 is 23.1. The highest BCUT2D eigenvalue weighted by molar-refractivity contribution is 5.79. The molecule has 5 heteroatoms. The summed E-state index contributed by atoms with van der Waals surface area (Å²) in [6.07, 6.45) is 5.00. The standard InChI is InChI=1S/C18H34O5/c1-5-8-11-20-14-18(4)16(22-13-10-7-3)15(17(19)23-18)21-12-9-6-2/h15-16H,5-14H2,1-4H3/t15-,16+,18-/m1/s1. The minimum absolute atomic E-state index is 0.329. The third-order valence-corrected chi connectivity index (χ3v) is 4.06. The summed E-state index contributed by atoms with van der Waals surface area (Å²) in [7, 11) is 0. The molecule has 0 spiro atoms. The Kier molecular flexibility index (Phi) is 9.75. The molecule has 23 heavy (non-hydrogen) atoms. The Bertz CT molecular complexity index is 333. The van der Waals surface area contributed by atoms with Crippen LogP contribution >= 0.6 is 0 Å². The summed E-state index contributed by atoms with van der Waals surface area (Å²) in [6, 6.07) is 0. The molecule has 0 unspecified atom stereocenters. The zero-order chi connectivity index (χ0) is 17.1. The molecule has 0 N–H and O–H groups in total. The van der Waals surface area contributed by atoms with E-state index in [0.717, 1.165) is 38.5 Å². The molecule has 0 saturated carbocycles. The van der Waals surface area contributed by atoms with Gasteiger partial charge in [-0.1, -0.05) is 40.0 Å². The van der Waals surface area contributed by atoms with Crippen molar-refractivity contribution < 1.29 is 23.7 Å². The van der Waals surface area contributed by atoms with Gasteiger partial charge in [0.05, 0.1) is 6.61 Å². The number of hydrogen-bond acceptors (Lipinski definition) is 5. The van der Waals surface area contributed by atoms with Gasteiger partial charge in [-0.2, -0.15) is 0 Å². The molecular formula is C18H34O5. The van der Waals surface area contributed by atoms with E-state index in [1.165, 1.54) is 0 Å². The van der Waals surface area contributed by atoms with Gasteiger partial charge in [0.2, 0.25) is 0 Å². The van der Waals surface area contributed by atoms with Crippen LogP contribution in [0, 0.1) is 0 Å². The predicted molar refractivity (Wildman–Crippen MR) is 89.5 cm³/mol. The summed E-state index contributed by atoms with van der Waals surface area (Å²) in [5, 5.41) is 0. The van der Waals surface area contributed by atoms with Crippen molar-refractivity contribution in [2.24, 2.45) is 0 Å². The van der Waals surface area contributed by atoms with E-state index < -0.39 is 17.8 Å². The molecular weight excluding hydrogens is 296 g/mol. The van der Waals surface area contributed by atoms with Crippen molar-refractivity contribution in [3.05, 3.63) is 0 Å². The molecule has 5 nitrogen and oxygen atoms in total. The first kappa shape index (κ1) is 20.4. The maximum Gasteiger partial charge on any atom is 0.338 e. The highest BCUT2D eigenvalue weighted by Crippen LogP contribution is 2.32. The van der Waals surface area contributed by atoms with Gasteiger partial charge in [0.15, 0.2) is 11.7 Å². The molecule has 0 amide bonds. The van der Waals surface area contributed by atoms with Crippen molar-refractivity contribution in [1.29, 1.82) is 0 Å². The molecule has 136 valence electrons. The fourth-order valence-corrected chi connectivity index (χ4v) is 2.55. The van der Waals surface area contributed by atoms with E-state index in [-0.39, 0.29) is 5.97 Å². The maximum atomic E-state index is 12.2. The summed E-state index contributed by atoms with van der Waals surface area (Å²) in [4.78, 5) is 12.2. The molecule has 1 aliphatic heterocycles. The molecule has 1 saturated heterocycles. The van der Waals surface area contributed by atoms with Crippen LogP contribution < -0.4 is 0 Å². The summed E-state index contributed by atoms with van der Waals surface area (Å²) in [6.45, 7) is 10.4. The van der Waals surface area contributed by atoms with Crippen LogP contribution in [0.4, 0.5) is 0 Å². The highest BCUT2D eigenvalue weighted by atomic mass is 16.7. The SMILES string of the molecule is CCCCOC[C@@]1(C)OC(=O)[C@H](OCCCC)[C@@H]1OCCCC. The van der Waals surface area contributed by atoms with Crippen LogP contribution in [0.2, 0.25) is 0 Å². The van der Waals surface area contributed by atoms with Gasteiger partial charge in [0, 0.05) is 19.8 Å². The Labute approximate surface area is 141 Å². The number of esters is 1. The molecule has 0 radical (unpaired) electrons. The summed E-state index contributed by atoms with van der Waals surface area (Å²) in [5.74, 6) is -0.329. The van der Waals surface area contributed by atoms with Gasteiger partial charge in [-0.05, 0) is 26.2 Å². The molecule has 1 rings (SSSR count). The average molecular weight is 330 g/mol. The average Bonchev–Trinajstić information content (AvgIpc) is 2.76. The Morgan fingerprint density at radius 1 is 0.957 bits per heavy atom. The lowest BCUT2D eigenvalue weighted by Crippen LogP contribution is -2.47. The zero-order valence-electron chi connectivity index (χ0n) is 15.3. The van der Waals surface area contributed by atoms with Gasteiger partial charge in [0.1, 0.15) is 6.10 Å². The van der Waals surface area contributed by atoms with Gasteiger partial charge in [-0.25, -0.2) is 4.79 Å². The van der Waals surface area contributed by atoms with Gasteiger partial charge in [-0.15, -0.1) is 0 Å². The van der Waals surface area contributed by atoms with Crippen LogP contribution in [0.5, 0.6) is 0 Å². The van der Waals surface area contributed by atoms with Crippen molar-refractivity contribution >= 4 is 5.97 Å². The fourth-order valence-electron chi connectivity index (χ4n) is 2.55. The van der Waals surface area contributed by atoms with Gasteiger partial charge >= 0.3 is 5.97 Å². The molecule has 1 heterocycles. The van der Waals surface area contributed by atoms with Crippen LogP contribution in [0.3, 0.4) is 0 Å². The quantitative estimate of drug-likeness (QED) is 0.382. The van der Waals surface area contributed by atoms with Gasteiger partial charge in [-0.3, -0.25) is 0 Å². The normalized spacial score (nSPS) is 27.4. The lowest BCUT2D eigenvalue weighted by Gasteiger charge is -2.30. The first-order chi connectivity index (χ1) is 11.1. The molecule has 0 bridgehead atoms. The third kappa shape index (κ3) is 6.40. The second kappa shape index (κ2) is 11.0. The molecule has 1 fully saturated rings. The smallest absolute Gasteiger partial charge is 0.338 e. The van der Waals surface area contributed by atoms with Gasteiger partial charge < -0.3 is 18.9 Å². The monoisotopic (exact) mass is 330 g/mol. The largest absolute Gasteiger partial charge is 0.452 e. The van der Waals surface area contributed by atoms with E-state index in [0.29, 0.717) is 26.4 Å². The second-order valence-electron chi connectivity index (χ2n) is 6.43. The number of hydrogen-bond donors (Lipinski definition) is 0. The minimum Gasteiger partial charge on any atom is -0.452 e. The minimum atomic E-state index is -0.768. The molecule has 0 aromatic heterocycles. The van der Waals surface area contributed by atoms with Crippen LogP contribution in [0.25, 0.3) is 0 Å². The lowest BCUT2D eigenvalue weighted by molar-refractivity contribution is -0.159. The summed E-state index contributed by atoms with van der Waals surface area (Å²) >= 11 is 0. The van der Waals surface area contributed by atoms with E-state index in [4.69, 9.17) is 18.9 Å². The lowest BCUT2D eigenvalue weighted by atomic mass is 9.98. The number of rotatable bonds is 13. The van der Waals surface area contributed by atoms with Crippen LogP contribution in [-0.2, 0) is 23.7 Å². The maximum absolute atomic E-state index is 12.2. The van der Waals surface area contributed by atoms with Crippen LogP contribution in [0.1, 0.15) is 66.2 Å². The van der Waals surface area contributed by atoms with E-state index in [2.05, 4.69) is 20.8 Å². The Balaban J connectivity index is 2.66. The third-order valence-electron chi connectivity index (χ3n) is 4.06. The number of unbranched alkanes of at least 4 members (excludes halogenated alkanes) is 3. The summed E-state index contributed by atoms with van der Waals surface area (Å²) in [5.41, 5.74) is -0.768. The molecule has 0 aromatic rings. The number of carbonyl (C=O) groups is 1. The Hall–Kier alpha value is -0.650. The molecule has 1 aliphatic rings. The van der Waals surface area contributed by atoms with E-state index in [1.54, 1.807) is 0 Å². The topological polar surface area (TPSA) is 54.0 Å². The number of ether oxygens (including phenoxy) is 4. The molecule has 0 aliphatic carbocycles. The highest BCUT2D eigenvalue weighted by Gasteiger charge is 2.54. The first-order valence-corrected chi connectivity index (χ1v) is 9.12. The van der Waals surface area contributed by atoms with Crippen molar-refractivity contribution in [2.45, 2.75) is 84.0 Å². The van der Waals surface area contributed by atoms with Crippen molar-refractivity contribution in [3.8, 4) is 0 Å². The van der Waals surface area contributed by atoms with Gasteiger partial charge in [0.25, 0.3) is 0 Å². The van der Waals surface area contributed by atoms with Crippen LogP contribution in [-0.4, -0.2) is 50.2 Å². The Morgan fingerprint density at radius 3 is 2.13 bits per heavy atom. The molecule has 0 aromatic carbocycles. The zero-order valence-corrected chi connectivity index (χ0v) is 15.3. The van der Waals surface area contributed by atoms with E-state index in [9.17, 15) is 4.79 Å².